The molecule has 1 aromatic heterocycles. The van der Waals surface area contributed by atoms with Gasteiger partial charge in [-0.25, -0.2) is 9.37 Å². The van der Waals surface area contributed by atoms with Crippen molar-refractivity contribution in [2.45, 2.75) is 26.7 Å². The minimum Gasteiger partial charge on any atom is -0.367 e. The maximum Gasteiger partial charge on any atom is 0.165 e. The van der Waals surface area contributed by atoms with E-state index in [1.165, 1.54) is 6.07 Å². The van der Waals surface area contributed by atoms with Gasteiger partial charge in [-0.3, -0.25) is 0 Å². The van der Waals surface area contributed by atoms with E-state index in [1.807, 2.05) is 0 Å². The molecule has 3 N–H and O–H groups in total. The first-order valence-electron chi connectivity index (χ1n) is 5.60. The Morgan fingerprint density at radius 2 is 2.25 bits per heavy atom. The average Bonchev–Trinajstić information content (AvgIpc) is 2.26. The van der Waals surface area contributed by atoms with Gasteiger partial charge in [-0.2, -0.15) is 0 Å². The lowest BCUT2D eigenvalue weighted by Crippen LogP contribution is -2.24. The van der Waals surface area contributed by atoms with E-state index < -0.39 is 0 Å². The molecule has 0 unspecified atom stereocenters. The van der Waals surface area contributed by atoms with Gasteiger partial charge in [0.05, 0.1) is 0 Å². The van der Waals surface area contributed by atoms with Crippen LogP contribution in [0.15, 0.2) is 18.3 Å². The summed E-state index contributed by atoms with van der Waals surface area (Å²) < 4.78 is 13.3. The molecule has 1 heterocycles. The minimum absolute atomic E-state index is 0.101. The van der Waals surface area contributed by atoms with Crippen LogP contribution in [-0.4, -0.2) is 18.1 Å². The van der Waals surface area contributed by atoms with Crippen molar-refractivity contribution in [3.63, 3.8) is 0 Å². The largest absolute Gasteiger partial charge is 0.367 e. The number of nitrogens with two attached hydrogens (primary N) is 1. The molecule has 0 fully saturated rings. The molecule has 0 radical (unpaired) electrons. The molecule has 0 amide bonds. The molecule has 1 aromatic rings. The van der Waals surface area contributed by atoms with E-state index in [-0.39, 0.29) is 11.2 Å². The fourth-order valence-electron chi connectivity index (χ4n) is 1.51. The molecular formula is C12H20FN3. The van der Waals surface area contributed by atoms with Crippen molar-refractivity contribution >= 4 is 5.82 Å². The van der Waals surface area contributed by atoms with Crippen LogP contribution < -0.4 is 11.1 Å². The van der Waals surface area contributed by atoms with Crippen LogP contribution >= 0.6 is 0 Å². The maximum atomic E-state index is 13.3. The van der Waals surface area contributed by atoms with Crippen LogP contribution in [0.5, 0.6) is 0 Å². The molecular weight excluding hydrogens is 205 g/mol. The quantitative estimate of drug-likeness (QED) is 0.781. The van der Waals surface area contributed by atoms with Gasteiger partial charge in [0.25, 0.3) is 0 Å². The second-order valence-electron chi connectivity index (χ2n) is 4.74. The van der Waals surface area contributed by atoms with Crippen molar-refractivity contribution < 1.29 is 4.39 Å². The second-order valence-corrected chi connectivity index (χ2v) is 4.74. The molecule has 1 rings (SSSR count). The van der Waals surface area contributed by atoms with E-state index in [0.717, 1.165) is 12.8 Å². The van der Waals surface area contributed by atoms with E-state index >= 15 is 0 Å². The highest BCUT2D eigenvalue weighted by atomic mass is 19.1. The number of nitrogens with zero attached hydrogens (tertiary/aromatic N) is 1. The summed E-state index contributed by atoms with van der Waals surface area (Å²) >= 11 is 0. The van der Waals surface area contributed by atoms with E-state index in [9.17, 15) is 4.39 Å². The number of pyridine rings is 1. The normalized spacial score (nSPS) is 11.5. The van der Waals surface area contributed by atoms with Gasteiger partial charge in [0, 0.05) is 12.7 Å². The zero-order valence-electron chi connectivity index (χ0n) is 9.96. The van der Waals surface area contributed by atoms with E-state index in [0.29, 0.717) is 18.9 Å². The van der Waals surface area contributed by atoms with Gasteiger partial charge in [-0.1, -0.05) is 13.8 Å². The second kappa shape index (κ2) is 5.80. The SMILES string of the molecule is CC(C)(CCCN)CNc1ncccc1F. The summed E-state index contributed by atoms with van der Waals surface area (Å²) in [5.74, 6) is 0.0143. The Bertz CT molecular complexity index is 326. The lowest BCUT2D eigenvalue weighted by atomic mass is 9.88. The highest BCUT2D eigenvalue weighted by Gasteiger charge is 2.17. The monoisotopic (exact) mass is 225 g/mol. The molecule has 0 aliphatic heterocycles. The standard InChI is InChI=1S/C12H20FN3/c1-12(2,6-4-7-14)9-16-11-10(13)5-3-8-15-11/h3,5,8H,4,6-7,9,14H2,1-2H3,(H,15,16). The summed E-state index contributed by atoms with van der Waals surface area (Å²) in [6.45, 7) is 5.66. The van der Waals surface area contributed by atoms with E-state index in [4.69, 9.17) is 5.73 Å². The zero-order valence-corrected chi connectivity index (χ0v) is 9.96. The van der Waals surface area contributed by atoms with Crippen molar-refractivity contribution in [1.29, 1.82) is 0 Å². The van der Waals surface area contributed by atoms with Gasteiger partial charge in [0.2, 0.25) is 0 Å². The van der Waals surface area contributed by atoms with E-state index in [1.54, 1.807) is 12.3 Å². The number of nitrogens with one attached hydrogen (secondary N) is 1. The topological polar surface area (TPSA) is 50.9 Å². The Balaban J connectivity index is 2.47. The number of aromatic nitrogens is 1. The summed E-state index contributed by atoms with van der Waals surface area (Å²) in [5, 5.41) is 3.04. The third-order valence-electron chi connectivity index (χ3n) is 2.55. The highest BCUT2D eigenvalue weighted by molar-refractivity contribution is 5.35. The van der Waals surface area contributed by atoms with Gasteiger partial charge >= 0.3 is 0 Å². The smallest absolute Gasteiger partial charge is 0.165 e. The molecule has 4 heteroatoms. The van der Waals surface area contributed by atoms with Crippen molar-refractivity contribution in [2.24, 2.45) is 11.1 Å². The lowest BCUT2D eigenvalue weighted by Gasteiger charge is -2.25. The number of anilines is 1. The summed E-state index contributed by atoms with van der Waals surface area (Å²) in [6.07, 6.45) is 3.59. The van der Waals surface area contributed by atoms with Gasteiger partial charge < -0.3 is 11.1 Å². The molecule has 0 aliphatic rings. The molecule has 16 heavy (non-hydrogen) atoms. The van der Waals surface area contributed by atoms with Crippen molar-refractivity contribution in [3.05, 3.63) is 24.1 Å². The Kier molecular flexibility index (Phi) is 4.68. The predicted molar refractivity (Wildman–Crippen MR) is 64.8 cm³/mol. The first-order chi connectivity index (χ1) is 7.55. The molecule has 90 valence electrons. The Morgan fingerprint density at radius 1 is 1.50 bits per heavy atom. The molecule has 3 nitrogen and oxygen atoms in total. The van der Waals surface area contributed by atoms with Crippen LogP contribution in [0.4, 0.5) is 10.2 Å². The van der Waals surface area contributed by atoms with Crippen LogP contribution in [0.1, 0.15) is 26.7 Å². The molecule has 0 aromatic carbocycles. The fraction of sp³-hybridized carbons (Fsp3) is 0.583. The van der Waals surface area contributed by atoms with Crippen LogP contribution in [0, 0.1) is 11.2 Å². The number of rotatable bonds is 6. The highest BCUT2D eigenvalue weighted by Crippen LogP contribution is 2.22. The number of halogens is 1. The first-order valence-corrected chi connectivity index (χ1v) is 5.60. The van der Waals surface area contributed by atoms with Gasteiger partial charge in [-0.05, 0) is 36.9 Å². The molecule has 0 aliphatic carbocycles. The third kappa shape index (κ3) is 4.14. The molecule has 0 bridgehead atoms. The molecule has 0 saturated carbocycles. The van der Waals surface area contributed by atoms with Gasteiger partial charge in [-0.15, -0.1) is 0 Å². The number of hydrogen-bond acceptors (Lipinski definition) is 3. The molecule has 0 atom stereocenters. The van der Waals surface area contributed by atoms with Crippen LogP contribution in [0.3, 0.4) is 0 Å². The van der Waals surface area contributed by atoms with Crippen LogP contribution in [0.2, 0.25) is 0 Å². The Hall–Kier alpha value is -1.16. The fourth-order valence-corrected chi connectivity index (χ4v) is 1.51. The van der Waals surface area contributed by atoms with Crippen LogP contribution in [0.25, 0.3) is 0 Å². The van der Waals surface area contributed by atoms with Crippen molar-refractivity contribution in [2.75, 3.05) is 18.4 Å². The summed E-state index contributed by atoms with van der Waals surface area (Å²) in [4.78, 5) is 3.95. The summed E-state index contributed by atoms with van der Waals surface area (Å²) in [6, 6.07) is 2.99. The summed E-state index contributed by atoms with van der Waals surface area (Å²) in [7, 11) is 0. The first kappa shape index (κ1) is 12.9. The lowest BCUT2D eigenvalue weighted by molar-refractivity contribution is 0.349. The van der Waals surface area contributed by atoms with Crippen molar-refractivity contribution in [3.8, 4) is 0 Å². The Morgan fingerprint density at radius 3 is 2.88 bits per heavy atom. The molecule has 0 spiro atoms. The Labute approximate surface area is 96.3 Å². The van der Waals surface area contributed by atoms with Gasteiger partial charge in [0.1, 0.15) is 0 Å². The maximum absolute atomic E-state index is 13.3. The summed E-state index contributed by atoms with van der Waals surface area (Å²) in [5.41, 5.74) is 5.57. The zero-order chi connectivity index (χ0) is 12.0. The predicted octanol–water partition coefficient (Wildman–Crippen LogP) is 2.40. The van der Waals surface area contributed by atoms with E-state index in [2.05, 4.69) is 24.1 Å². The van der Waals surface area contributed by atoms with Crippen LogP contribution in [-0.2, 0) is 0 Å². The average molecular weight is 225 g/mol. The minimum atomic E-state index is -0.308. The molecule has 0 saturated heterocycles. The number of hydrogen-bond donors (Lipinski definition) is 2. The van der Waals surface area contributed by atoms with Gasteiger partial charge in [0.15, 0.2) is 11.6 Å². The third-order valence-corrected chi connectivity index (χ3v) is 2.55. The van der Waals surface area contributed by atoms with Crippen molar-refractivity contribution in [1.82, 2.24) is 4.98 Å².